The summed E-state index contributed by atoms with van der Waals surface area (Å²) in [6.07, 6.45) is 2.55. The number of aromatic nitrogens is 2. The van der Waals surface area contributed by atoms with Gasteiger partial charge in [-0.15, -0.1) is 0 Å². The lowest BCUT2D eigenvalue weighted by atomic mass is 10.3. The molecule has 1 N–H and O–H groups in total. The van der Waals surface area contributed by atoms with Crippen molar-refractivity contribution in [3.05, 3.63) is 16.4 Å². The van der Waals surface area contributed by atoms with Crippen molar-refractivity contribution in [2.24, 2.45) is 7.05 Å². The molecule has 0 atom stereocenters. The van der Waals surface area contributed by atoms with Crippen molar-refractivity contribution in [2.75, 3.05) is 6.61 Å². The first kappa shape index (κ1) is 7.75. The molecule has 0 amide bonds. The fourth-order valence-corrected chi connectivity index (χ4v) is 1.35. The fraction of sp³-hybridized carbons (Fsp3) is 0.500. The Labute approximate surface area is 67.8 Å². The molecule has 0 aliphatic heterocycles. The second-order valence-electron chi connectivity index (χ2n) is 2.09. The summed E-state index contributed by atoms with van der Waals surface area (Å²) in [6, 6.07) is 0. The van der Waals surface area contributed by atoms with Crippen LogP contribution >= 0.6 is 15.9 Å². The fourth-order valence-electron chi connectivity index (χ4n) is 0.799. The summed E-state index contributed by atoms with van der Waals surface area (Å²) in [6.45, 7) is 0.171. The highest BCUT2D eigenvalue weighted by Crippen LogP contribution is 2.13. The number of hydrogen-bond acceptors (Lipinski definition) is 2. The number of aryl methyl sites for hydroxylation is 1. The van der Waals surface area contributed by atoms with Crippen LogP contribution in [0.4, 0.5) is 0 Å². The van der Waals surface area contributed by atoms with E-state index < -0.39 is 0 Å². The van der Waals surface area contributed by atoms with Gasteiger partial charge in [0.1, 0.15) is 4.60 Å². The molecule has 0 fully saturated rings. The van der Waals surface area contributed by atoms with E-state index in [0.29, 0.717) is 6.42 Å². The molecule has 1 rings (SSSR count). The van der Waals surface area contributed by atoms with Crippen molar-refractivity contribution in [1.29, 1.82) is 0 Å². The van der Waals surface area contributed by atoms with E-state index in [2.05, 4.69) is 21.0 Å². The molecule has 0 saturated carbocycles. The topological polar surface area (TPSA) is 38.0 Å². The van der Waals surface area contributed by atoms with Crippen LogP contribution in [0.25, 0.3) is 0 Å². The lowest BCUT2D eigenvalue weighted by molar-refractivity contribution is 0.299. The van der Waals surface area contributed by atoms with E-state index in [9.17, 15) is 0 Å². The van der Waals surface area contributed by atoms with E-state index in [1.165, 1.54) is 0 Å². The molecule has 3 nitrogen and oxygen atoms in total. The number of aliphatic hydroxyl groups excluding tert-OH is 1. The van der Waals surface area contributed by atoms with Crippen molar-refractivity contribution in [1.82, 2.24) is 9.78 Å². The van der Waals surface area contributed by atoms with Gasteiger partial charge >= 0.3 is 0 Å². The van der Waals surface area contributed by atoms with E-state index >= 15 is 0 Å². The van der Waals surface area contributed by atoms with Crippen molar-refractivity contribution in [2.45, 2.75) is 6.42 Å². The van der Waals surface area contributed by atoms with E-state index in [1.54, 1.807) is 4.68 Å². The molecule has 1 aromatic heterocycles. The van der Waals surface area contributed by atoms with Gasteiger partial charge in [0.05, 0.1) is 0 Å². The summed E-state index contributed by atoms with van der Waals surface area (Å²) in [4.78, 5) is 0. The van der Waals surface area contributed by atoms with Gasteiger partial charge in [0.25, 0.3) is 0 Å². The van der Waals surface area contributed by atoms with Gasteiger partial charge in [-0.3, -0.25) is 4.68 Å². The van der Waals surface area contributed by atoms with Crippen LogP contribution in [0.5, 0.6) is 0 Å². The number of halogens is 1. The minimum atomic E-state index is 0.171. The van der Waals surface area contributed by atoms with Crippen molar-refractivity contribution < 1.29 is 5.11 Å². The zero-order valence-electron chi connectivity index (χ0n) is 5.71. The molecular weight excluding hydrogens is 196 g/mol. The van der Waals surface area contributed by atoms with Crippen LogP contribution in [-0.4, -0.2) is 21.5 Å². The minimum absolute atomic E-state index is 0.171. The lowest BCUT2D eigenvalue weighted by Crippen LogP contribution is -1.88. The highest BCUT2D eigenvalue weighted by atomic mass is 79.9. The smallest absolute Gasteiger partial charge is 0.131 e. The van der Waals surface area contributed by atoms with Gasteiger partial charge in [0, 0.05) is 25.4 Å². The third-order valence-electron chi connectivity index (χ3n) is 1.23. The molecule has 0 aromatic carbocycles. The monoisotopic (exact) mass is 204 g/mol. The third-order valence-corrected chi connectivity index (χ3v) is 1.90. The van der Waals surface area contributed by atoms with E-state index in [1.807, 2.05) is 13.2 Å². The second-order valence-corrected chi connectivity index (χ2v) is 2.84. The molecule has 0 aliphatic rings. The minimum Gasteiger partial charge on any atom is -0.396 e. The average Bonchev–Trinajstić information content (AvgIpc) is 2.13. The number of aliphatic hydroxyl groups is 1. The lowest BCUT2D eigenvalue weighted by Gasteiger charge is -1.88. The molecule has 0 bridgehead atoms. The van der Waals surface area contributed by atoms with Crippen LogP contribution in [0.1, 0.15) is 5.56 Å². The van der Waals surface area contributed by atoms with Crippen LogP contribution in [0.2, 0.25) is 0 Å². The van der Waals surface area contributed by atoms with Crippen LogP contribution < -0.4 is 0 Å². The SMILES string of the molecule is Cn1cc(CCO)c(Br)n1. The Bertz CT molecular complexity index is 222. The summed E-state index contributed by atoms with van der Waals surface area (Å²) in [7, 11) is 1.85. The standard InChI is InChI=1S/C6H9BrN2O/c1-9-4-5(2-3-10)6(7)8-9/h4,10H,2-3H2,1H3. The van der Waals surface area contributed by atoms with Gasteiger partial charge in [-0.05, 0) is 22.4 Å². The van der Waals surface area contributed by atoms with E-state index in [-0.39, 0.29) is 6.61 Å². The highest BCUT2D eigenvalue weighted by Gasteiger charge is 2.01. The largest absolute Gasteiger partial charge is 0.396 e. The van der Waals surface area contributed by atoms with Gasteiger partial charge in [-0.2, -0.15) is 5.10 Å². The van der Waals surface area contributed by atoms with Crippen LogP contribution in [-0.2, 0) is 13.5 Å². The summed E-state index contributed by atoms with van der Waals surface area (Å²) in [5.74, 6) is 0. The van der Waals surface area contributed by atoms with E-state index in [0.717, 1.165) is 10.2 Å². The van der Waals surface area contributed by atoms with Crippen molar-refractivity contribution >= 4 is 15.9 Å². The summed E-state index contributed by atoms with van der Waals surface area (Å²) in [5, 5.41) is 12.6. The molecular formula is C6H9BrN2O. The van der Waals surface area contributed by atoms with Gasteiger partial charge in [0.2, 0.25) is 0 Å². The molecule has 10 heavy (non-hydrogen) atoms. The predicted molar refractivity (Wildman–Crippen MR) is 41.7 cm³/mol. The second kappa shape index (κ2) is 3.16. The zero-order chi connectivity index (χ0) is 7.56. The zero-order valence-corrected chi connectivity index (χ0v) is 7.30. The Morgan fingerprint density at radius 3 is 2.90 bits per heavy atom. The number of nitrogens with zero attached hydrogens (tertiary/aromatic N) is 2. The van der Waals surface area contributed by atoms with E-state index in [4.69, 9.17) is 5.11 Å². The molecule has 0 radical (unpaired) electrons. The summed E-state index contributed by atoms with van der Waals surface area (Å²) < 4.78 is 2.54. The third kappa shape index (κ3) is 1.58. The number of hydrogen-bond donors (Lipinski definition) is 1. The molecule has 0 saturated heterocycles. The summed E-state index contributed by atoms with van der Waals surface area (Å²) >= 11 is 3.28. The quantitative estimate of drug-likeness (QED) is 0.772. The average molecular weight is 205 g/mol. The molecule has 4 heteroatoms. The highest BCUT2D eigenvalue weighted by molar-refractivity contribution is 9.10. The van der Waals surface area contributed by atoms with Gasteiger partial charge in [-0.25, -0.2) is 0 Å². The first-order chi connectivity index (χ1) is 4.74. The molecule has 1 aromatic rings. The first-order valence-electron chi connectivity index (χ1n) is 3.03. The summed E-state index contributed by atoms with van der Waals surface area (Å²) in [5.41, 5.74) is 1.05. The first-order valence-corrected chi connectivity index (χ1v) is 3.82. The van der Waals surface area contributed by atoms with Gasteiger partial charge in [0.15, 0.2) is 0 Å². The van der Waals surface area contributed by atoms with Crippen LogP contribution in [0, 0.1) is 0 Å². The Hall–Kier alpha value is -0.350. The molecule has 1 heterocycles. The van der Waals surface area contributed by atoms with Crippen molar-refractivity contribution in [3.8, 4) is 0 Å². The maximum Gasteiger partial charge on any atom is 0.131 e. The Morgan fingerprint density at radius 1 is 1.80 bits per heavy atom. The molecule has 0 unspecified atom stereocenters. The predicted octanol–water partition coefficient (Wildman–Crippen LogP) is 0.717. The Kier molecular flexibility index (Phi) is 2.45. The molecule has 0 spiro atoms. The molecule has 0 aliphatic carbocycles. The Morgan fingerprint density at radius 2 is 2.50 bits per heavy atom. The van der Waals surface area contributed by atoms with Gasteiger partial charge < -0.3 is 5.11 Å². The Balaban J connectivity index is 2.81. The maximum atomic E-state index is 8.60. The number of rotatable bonds is 2. The molecule has 56 valence electrons. The maximum absolute atomic E-state index is 8.60. The van der Waals surface area contributed by atoms with Crippen LogP contribution in [0.3, 0.4) is 0 Å². The van der Waals surface area contributed by atoms with Gasteiger partial charge in [-0.1, -0.05) is 0 Å². The van der Waals surface area contributed by atoms with Crippen molar-refractivity contribution in [3.63, 3.8) is 0 Å². The van der Waals surface area contributed by atoms with Crippen LogP contribution in [0.15, 0.2) is 10.8 Å². The normalized spacial score (nSPS) is 10.3.